The van der Waals surface area contributed by atoms with Gasteiger partial charge < -0.3 is 9.47 Å². The molecular formula is C14H17FO3. The molecule has 1 aromatic rings. The lowest BCUT2D eigenvalue weighted by atomic mass is 9.85. The highest BCUT2D eigenvalue weighted by Gasteiger charge is 2.40. The van der Waals surface area contributed by atoms with E-state index in [0.29, 0.717) is 37.2 Å². The number of Topliss-reactive ketones (excluding diaryl/α,β-unsaturated/α-hetero) is 1. The number of ketones is 1. The molecule has 1 aromatic carbocycles. The molecular weight excluding hydrogens is 235 g/mol. The number of methoxy groups -OCH3 is 1. The van der Waals surface area contributed by atoms with Gasteiger partial charge in [0.15, 0.2) is 5.78 Å². The second-order valence-electron chi connectivity index (χ2n) is 4.60. The Morgan fingerprint density at radius 2 is 2.06 bits per heavy atom. The first-order chi connectivity index (χ1) is 8.59. The highest BCUT2D eigenvalue weighted by molar-refractivity contribution is 6.02. The third kappa shape index (κ3) is 2.31. The Morgan fingerprint density at radius 1 is 1.39 bits per heavy atom. The average Bonchev–Trinajstić information content (AvgIpc) is 2.42. The molecule has 4 heteroatoms. The van der Waals surface area contributed by atoms with Crippen LogP contribution in [-0.2, 0) is 9.47 Å². The van der Waals surface area contributed by atoms with Crippen LogP contribution in [0, 0.1) is 12.7 Å². The summed E-state index contributed by atoms with van der Waals surface area (Å²) in [6.45, 7) is 2.66. The molecule has 0 atom stereocenters. The maximum Gasteiger partial charge on any atom is 0.194 e. The molecule has 18 heavy (non-hydrogen) atoms. The SMILES string of the molecule is COC1(C(=O)c2ccc(C)c(F)c2)CCOCC1. The molecule has 1 fully saturated rings. The molecule has 0 N–H and O–H groups in total. The lowest BCUT2D eigenvalue weighted by Crippen LogP contribution is -2.45. The van der Waals surface area contributed by atoms with Crippen molar-refractivity contribution in [1.29, 1.82) is 0 Å². The molecule has 2 rings (SSSR count). The highest BCUT2D eigenvalue weighted by Crippen LogP contribution is 2.29. The summed E-state index contributed by atoms with van der Waals surface area (Å²) in [5.41, 5.74) is 0.0341. The Balaban J connectivity index is 2.30. The smallest absolute Gasteiger partial charge is 0.194 e. The zero-order chi connectivity index (χ0) is 13.2. The number of ether oxygens (including phenoxy) is 2. The molecule has 0 radical (unpaired) electrons. The number of hydrogen-bond acceptors (Lipinski definition) is 3. The van der Waals surface area contributed by atoms with E-state index in [1.54, 1.807) is 19.1 Å². The van der Waals surface area contributed by atoms with Crippen molar-refractivity contribution in [3.63, 3.8) is 0 Å². The summed E-state index contributed by atoms with van der Waals surface area (Å²) < 4.78 is 24.2. The van der Waals surface area contributed by atoms with Crippen LogP contribution < -0.4 is 0 Å². The van der Waals surface area contributed by atoms with Crippen molar-refractivity contribution >= 4 is 5.78 Å². The van der Waals surface area contributed by atoms with Crippen LogP contribution in [0.4, 0.5) is 4.39 Å². The minimum Gasteiger partial charge on any atom is -0.381 e. The summed E-state index contributed by atoms with van der Waals surface area (Å²) in [5.74, 6) is -0.522. The molecule has 1 aliphatic rings. The minimum atomic E-state index is -0.861. The molecule has 0 amide bonds. The summed E-state index contributed by atoms with van der Waals surface area (Å²) in [7, 11) is 1.52. The van der Waals surface area contributed by atoms with Gasteiger partial charge in [-0.25, -0.2) is 4.39 Å². The zero-order valence-electron chi connectivity index (χ0n) is 10.7. The molecule has 1 aliphatic heterocycles. The molecule has 1 saturated heterocycles. The van der Waals surface area contributed by atoms with Gasteiger partial charge in [0, 0.05) is 38.7 Å². The highest BCUT2D eigenvalue weighted by atomic mass is 19.1. The molecule has 0 saturated carbocycles. The van der Waals surface area contributed by atoms with Gasteiger partial charge in [-0.2, -0.15) is 0 Å². The Hall–Kier alpha value is -1.26. The summed E-state index contributed by atoms with van der Waals surface area (Å²) in [6, 6.07) is 4.55. The number of hydrogen-bond donors (Lipinski definition) is 0. The lowest BCUT2D eigenvalue weighted by molar-refractivity contribution is -0.0663. The normalized spacial score (nSPS) is 18.6. The average molecular weight is 252 g/mol. The predicted molar refractivity (Wildman–Crippen MR) is 65.3 cm³/mol. The summed E-state index contributed by atoms with van der Waals surface area (Å²) >= 11 is 0. The standard InChI is InChI=1S/C14H17FO3/c1-10-3-4-11(9-12(10)15)13(16)14(17-2)5-7-18-8-6-14/h3-4,9H,5-8H2,1-2H3. The number of benzene rings is 1. The molecule has 0 aliphatic carbocycles. The van der Waals surface area contributed by atoms with Crippen LogP contribution in [0.5, 0.6) is 0 Å². The van der Waals surface area contributed by atoms with Crippen LogP contribution in [0.3, 0.4) is 0 Å². The van der Waals surface area contributed by atoms with Gasteiger partial charge in [-0.15, -0.1) is 0 Å². The summed E-state index contributed by atoms with van der Waals surface area (Å²) in [5, 5.41) is 0. The van der Waals surface area contributed by atoms with Crippen molar-refractivity contribution < 1.29 is 18.7 Å². The quantitative estimate of drug-likeness (QED) is 0.775. The van der Waals surface area contributed by atoms with Crippen molar-refractivity contribution in [3.05, 3.63) is 35.1 Å². The number of carbonyl (C=O) groups excluding carboxylic acids is 1. The number of carbonyl (C=O) groups is 1. The summed E-state index contributed by atoms with van der Waals surface area (Å²) in [6.07, 6.45) is 1.02. The predicted octanol–water partition coefficient (Wildman–Crippen LogP) is 2.51. The first kappa shape index (κ1) is 13.2. The van der Waals surface area contributed by atoms with E-state index < -0.39 is 5.60 Å². The van der Waals surface area contributed by atoms with Gasteiger partial charge >= 0.3 is 0 Å². The van der Waals surface area contributed by atoms with E-state index in [9.17, 15) is 9.18 Å². The molecule has 0 unspecified atom stereocenters. The molecule has 0 bridgehead atoms. The number of aryl methyl sites for hydroxylation is 1. The van der Waals surface area contributed by atoms with Crippen LogP contribution in [0.1, 0.15) is 28.8 Å². The fourth-order valence-corrected chi connectivity index (χ4v) is 2.22. The zero-order valence-corrected chi connectivity index (χ0v) is 10.7. The second-order valence-corrected chi connectivity index (χ2v) is 4.60. The minimum absolute atomic E-state index is 0.160. The first-order valence-electron chi connectivity index (χ1n) is 6.03. The van der Waals surface area contributed by atoms with Gasteiger partial charge in [0.05, 0.1) is 0 Å². The second kappa shape index (κ2) is 5.16. The Labute approximate surface area is 106 Å². The maximum atomic E-state index is 13.5. The number of halogens is 1. The Kier molecular flexibility index (Phi) is 3.78. The van der Waals surface area contributed by atoms with Crippen LogP contribution >= 0.6 is 0 Å². The van der Waals surface area contributed by atoms with Crippen LogP contribution in [0.25, 0.3) is 0 Å². The topological polar surface area (TPSA) is 35.5 Å². The van der Waals surface area contributed by atoms with E-state index in [-0.39, 0.29) is 11.6 Å². The van der Waals surface area contributed by atoms with Gasteiger partial charge in [0.1, 0.15) is 11.4 Å². The Bertz CT molecular complexity index is 450. The van der Waals surface area contributed by atoms with Crippen molar-refractivity contribution in [3.8, 4) is 0 Å². The van der Waals surface area contributed by atoms with E-state index in [2.05, 4.69) is 0 Å². The van der Waals surface area contributed by atoms with E-state index in [1.807, 2.05) is 0 Å². The van der Waals surface area contributed by atoms with Gasteiger partial charge in [-0.3, -0.25) is 4.79 Å². The maximum absolute atomic E-state index is 13.5. The van der Waals surface area contributed by atoms with Crippen molar-refractivity contribution in [2.24, 2.45) is 0 Å². The molecule has 0 aromatic heterocycles. The van der Waals surface area contributed by atoms with Gasteiger partial charge in [-0.05, 0) is 18.6 Å². The fraction of sp³-hybridized carbons (Fsp3) is 0.500. The molecule has 1 heterocycles. The van der Waals surface area contributed by atoms with Gasteiger partial charge in [-0.1, -0.05) is 12.1 Å². The molecule has 98 valence electrons. The molecule has 0 spiro atoms. The van der Waals surface area contributed by atoms with Gasteiger partial charge in [0.25, 0.3) is 0 Å². The van der Waals surface area contributed by atoms with Crippen LogP contribution in [0.2, 0.25) is 0 Å². The van der Waals surface area contributed by atoms with E-state index >= 15 is 0 Å². The molecule has 3 nitrogen and oxygen atoms in total. The Morgan fingerprint density at radius 3 is 2.61 bits per heavy atom. The fourth-order valence-electron chi connectivity index (χ4n) is 2.22. The van der Waals surface area contributed by atoms with Crippen LogP contribution in [-0.4, -0.2) is 31.7 Å². The monoisotopic (exact) mass is 252 g/mol. The third-order valence-electron chi connectivity index (χ3n) is 3.54. The first-order valence-corrected chi connectivity index (χ1v) is 6.03. The van der Waals surface area contributed by atoms with Crippen LogP contribution in [0.15, 0.2) is 18.2 Å². The van der Waals surface area contributed by atoms with E-state index in [0.717, 1.165) is 0 Å². The summed E-state index contributed by atoms with van der Waals surface area (Å²) in [4.78, 5) is 12.5. The number of rotatable bonds is 3. The van der Waals surface area contributed by atoms with Crippen molar-refractivity contribution in [2.45, 2.75) is 25.4 Å². The van der Waals surface area contributed by atoms with Gasteiger partial charge in [0.2, 0.25) is 0 Å². The largest absolute Gasteiger partial charge is 0.381 e. The van der Waals surface area contributed by atoms with E-state index in [4.69, 9.17) is 9.47 Å². The third-order valence-corrected chi connectivity index (χ3v) is 3.54. The van der Waals surface area contributed by atoms with E-state index in [1.165, 1.54) is 13.2 Å². The van der Waals surface area contributed by atoms with Crippen molar-refractivity contribution in [2.75, 3.05) is 20.3 Å². The van der Waals surface area contributed by atoms with Crippen molar-refractivity contribution in [1.82, 2.24) is 0 Å². The lowest BCUT2D eigenvalue weighted by Gasteiger charge is -2.34.